The Kier molecular flexibility index (Phi) is 3.16. The Balaban J connectivity index is 1.67. The molecule has 0 saturated heterocycles. The maximum absolute atomic E-state index is 12.1. The highest BCUT2D eigenvalue weighted by atomic mass is 16.1. The topological polar surface area (TPSA) is 85.3 Å². The second-order valence-electron chi connectivity index (χ2n) is 5.11. The number of amides is 1. The highest BCUT2D eigenvalue weighted by Crippen LogP contribution is 2.23. The monoisotopic (exact) mass is 259 g/mol. The molecule has 6 heteroatoms. The molecule has 6 nitrogen and oxygen atoms in total. The Morgan fingerprint density at radius 3 is 3.16 bits per heavy atom. The lowest BCUT2D eigenvalue weighted by Gasteiger charge is -2.10. The standard InChI is InChI=1S/C13H17N5O/c14-10-2-1-9(5-10)6-16-13(19)11-7-17-18-4-3-15-8-12(11)18/h3-4,7-10H,1-2,5-6,14H2,(H,16,19). The molecular formula is C13H17N5O. The van der Waals surface area contributed by atoms with Gasteiger partial charge in [-0.05, 0) is 25.2 Å². The molecule has 2 aromatic rings. The summed E-state index contributed by atoms with van der Waals surface area (Å²) in [7, 11) is 0. The second-order valence-corrected chi connectivity index (χ2v) is 5.11. The summed E-state index contributed by atoms with van der Waals surface area (Å²) in [5, 5.41) is 7.09. The van der Waals surface area contributed by atoms with Crippen LogP contribution in [0.5, 0.6) is 0 Å². The molecule has 0 radical (unpaired) electrons. The van der Waals surface area contributed by atoms with Crippen LogP contribution in [0.4, 0.5) is 0 Å². The van der Waals surface area contributed by atoms with Crippen LogP contribution >= 0.6 is 0 Å². The average molecular weight is 259 g/mol. The fourth-order valence-corrected chi connectivity index (χ4v) is 2.64. The zero-order chi connectivity index (χ0) is 13.2. The fourth-order valence-electron chi connectivity index (χ4n) is 2.64. The lowest BCUT2D eigenvalue weighted by atomic mass is 10.1. The summed E-state index contributed by atoms with van der Waals surface area (Å²) in [5.74, 6) is 0.405. The number of hydrogen-bond acceptors (Lipinski definition) is 4. The van der Waals surface area contributed by atoms with E-state index < -0.39 is 0 Å². The zero-order valence-corrected chi connectivity index (χ0v) is 10.6. The number of hydrogen-bond donors (Lipinski definition) is 2. The van der Waals surface area contributed by atoms with Gasteiger partial charge in [-0.1, -0.05) is 0 Å². The lowest BCUT2D eigenvalue weighted by Crippen LogP contribution is -2.29. The highest BCUT2D eigenvalue weighted by molar-refractivity contribution is 6.00. The van der Waals surface area contributed by atoms with Gasteiger partial charge in [-0.3, -0.25) is 9.78 Å². The van der Waals surface area contributed by atoms with E-state index in [1.807, 2.05) is 0 Å². The van der Waals surface area contributed by atoms with Crippen molar-refractivity contribution in [2.75, 3.05) is 6.54 Å². The van der Waals surface area contributed by atoms with Crippen molar-refractivity contribution in [2.24, 2.45) is 11.7 Å². The van der Waals surface area contributed by atoms with Crippen molar-refractivity contribution in [3.05, 3.63) is 30.4 Å². The quantitative estimate of drug-likeness (QED) is 0.844. The van der Waals surface area contributed by atoms with E-state index in [9.17, 15) is 4.79 Å². The van der Waals surface area contributed by atoms with Crippen LogP contribution in [0, 0.1) is 5.92 Å². The number of rotatable bonds is 3. The summed E-state index contributed by atoms with van der Waals surface area (Å²) in [4.78, 5) is 16.2. The van der Waals surface area contributed by atoms with Crippen molar-refractivity contribution >= 4 is 11.4 Å². The van der Waals surface area contributed by atoms with Crippen LogP contribution in [-0.4, -0.2) is 33.1 Å². The molecule has 0 aliphatic heterocycles. The molecule has 100 valence electrons. The highest BCUT2D eigenvalue weighted by Gasteiger charge is 2.22. The minimum Gasteiger partial charge on any atom is -0.352 e. The molecule has 1 aliphatic carbocycles. The smallest absolute Gasteiger partial charge is 0.255 e. The van der Waals surface area contributed by atoms with Crippen LogP contribution in [-0.2, 0) is 0 Å². The summed E-state index contributed by atoms with van der Waals surface area (Å²) in [6.45, 7) is 0.685. The van der Waals surface area contributed by atoms with E-state index in [0.717, 1.165) is 24.8 Å². The first kappa shape index (κ1) is 12.1. The van der Waals surface area contributed by atoms with E-state index >= 15 is 0 Å². The first-order chi connectivity index (χ1) is 9.24. The van der Waals surface area contributed by atoms with E-state index in [2.05, 4.69) is 15.4 Å². The van der Waals surface area contributed by atoms with Crippen molar-refractivity contribution in [3.63, 3.8) is 0 Å². The first-order valence-corrected chi connectivity index (χ1v) is 6.55. The van der Waals surface area contributed by atoms with Crippen molar-refractivity contribution in [3.8, 4) is 0 Å². The third-order valence-electron chi connectivity index (χ3n) is 3.70. The minimum absolute atomic E-state index is 0.0940. The maximum Gasteiger partial charge on any atom is 0.255 e. The van der Waals surface area contributed by atoms with Gasteiger partial charge in [0.15, 0.2) is 0 Å². The summed E-state index contributed by atoms with van der Waals surface area (Å²) in [6.07, 6.45) is 9.74. The van der Waals surface area contributed by atoms with E-state index in [1.54, 1.807) is 29.3 Å². The molecular weight excluding hydrogens is 242 g/mol. The number of nitrogens with one attached hydrogen (secondary N) is 1. The molecule has 3 rings (SSSR count). The molecule has 2 atom stereocenters. The summed E-state index contributed by atoms with van der Waals surface area (Å²) in [5.41, 5.74) is 7.16. The van der Waals surface area contributed by atoms with Crippen molar-refractivity contribution in [2.45, 2.75) is 25.3 Å². The predicted molar refractivity (Wildman–Crippen MR) is 70.6 cm³/mol. The number of fused-ring (bicyclic) bond motifs is 1. The predicted octanol–water partition coefficient (Wildman–Crippen LogP) is 0.587. The van der Waals surface area contributed by atoms with Crippen molar-refractivity contribution in [1.82, 2.24) is 19.9 Å². The Morgan fingerprint density at radius 2 is 2.37 bits per heavy atom. The van der Waals surface area contributed by atoms with Gasteiger partial charge in [-0.15, -0.1) is 0 Å². The molecule has 1 saturated carbocycles. The Hall–Kier alpha value is -1.95. The maximum atomic E-state index is 12.1. The number of carbonyl (C=O) groups excluding carboxylic acids is 1. The summed E-state index contributed by atoms with van der Waals surface area (Å²) < 4.78 is 1.65. The summed E-state index contributed by atoms with van der Waals surface area (Å²) in [6, 6.07) is 0.295. The van der Waals surface area contributed by atoms with Crippen LogP contribution in [0.3, 0.4) is 0 Å². The Labute approximate surface area is 111 Å². The van der Waals surface area contributed by atoms with Gasteiger partial charge in [0.25, 0.3) is 5.91 Å². The number of carbonyl (C=O) groups is 1. The van der Waals surface area contributed by atoms with Crippen LogP contribution in [0.15, 0.2) is 24.8 Å². The van der Waals surface area contributed by atoms with Crippen molar-refractivity contribution < 1.29 is 4.79 Å². The Morgan fingerprint density at radius 1 is 1.47 bits per heavy atom. The largest absolute Gasteiger partial charge is 0.352 e. The Bertz CT molecular complexity index is 593. The second kappa shape index (κ2) is 4.97. The van der Waals surface area contributed by atoms with E-state index in [4.69, 9.17) is 5.73 Å². The van der Waals surface area contributed by atoms with Gasteiger partial charge in [0, 0.05) is 25.0 Å². The lowest BCUT2D eigenvalue weighted by molar-refractivity contribution is 0.0949. The van der Waals surface area contributed by atoms with Gasteiger partial charge < -0.3 is 11.1 Å². The van der Waals surface area contributed by atoms with Gasteiger partial charge in [-0.25, -0.2) is 4.52 Å². The molecule has 1 aliphatic rings. The third-order valence-corrected chi connectivity index (χ3v) is 3.70. The van der Waals surface area contributed by atoms with Gasteiger partial charge in [-0.2, -0.15) is 5.10 Å². The van der Waals surface area contributed by atoms with Crippen LogP contribution < -0.4 is 11.1 Å². The SMILES string of the molecule is NC1CCC(CNC(=O)c2cnn3ccncc23)C1. The molecule has 0 spiro atoms. The molecule has 2 heterocycles. The van der Waals surface area contributed by atoms with Crippen LogP contribution in [0.25, 0.3) is 5.52 Å². The average Bonchev–Trinajstić information content (AvgIpc) is 3.02. The molecule has 0 aromatic carbocycles. The number of nitrogens with two attached hydrogens (primary N) is 1. The zero-order valence-electron chi connectivity index (χ0n) is 10.6. The number of nitrogens with zero attached hydrogens (tertiary/aromatic N) is 3. The molecule has 2 aromatic heterocycles. The molecule has 2 unspecified atom stereocenters. The molecule has 1 amide bonds. The van der Waals surface area contributed by atoms with Crippen LogP contribution in [0.1, 0.15) is 29.6 Å². The molecule has 1 fully saturated rings. The van der Waals surface area contributed by atoms with Gasteiger partial charge in [0.05, 0.1) is 23.5 Å². The fraction of sp³-hybridized carbons (Fsp3) is 0.462. The first-order valence-electron chi connectivity index (χ1n) is 6.55. The van der Waals surface area contributed by atoms with Gasteiger partial charge >= 0.3 is 0 Å². The van der Waals surface area contributed by atoms with Gasteiger partial charge in [0.2, 0.25) is 0 Å². The van der Waals surface area contributed by atoms with Gasteiger partial charge in [0.1, 0.15) is 0 Å². The normalized spacial score (nSPS) is 22.8. The summed E-state index contributed by atoms with van der Waals surface area (Å²) >= 11 is 0. The molecule has 19 heavy (non-hydrogen) atoms. The van der Waals surface area contributed by atoms with Crippen LogP contribution in [0.2, 0.25) is 0 Å². The minimum atomic E-state index is -0.0940. The number of aromatic nitrogens is 3. The van der Waals surface area contributed by atoms with E-state index in [0.29, 0.717) is 24.1 Å². The van der Waals surface area contributed by atoms with Crippen molar-refractivity contribution in [1.29, 1.82) is 0 Å². The molecule has 3 N–H and O–H groups in total. The molecule has 0 bridgehead atoms. The van der Waals surface area contributed by atoms with E-state index in [-0.39, 0.29) is 5.91 Å². The van der Waals surface area contributed by atoms with E-state index in [1.165, 1.54) is 0 Å². The third kappa shape index (κ3) is 2.44.